The van der Waals surface area contributed by atoms with Crippen molar-refractivity contribution in [2.75, 3.05) is 4.90 Å². The van der Waals surface area contributed by atoms with E-state index >= 15 is 0 Å². The number of urea groups is 1. The predicted octanol–water partition coefficient (Wildman–Crippen LogP) is 6.03. The lowest BCUT2D eigenvalue weighted by Crippen LogP contribution is -2.46. The number of nitrogens with one attached hydrogen (secondary N) is 1. The van der Waals surface area contributed by atoms with E-state index in [1.54, 1.807) is 25.1 Å². The highest BCUT2D eigenvalue weighted by Gasteiger charge is 2.36. The lowest BCUT2D eigenvalue weighted by Gasteiger charge is -2.35. The van der Waals surface area contributed by atoms with Crippen molar-refractivity contribution >= 4 is 17.3 Å². The van der Waals surface area contributed by atoms with Crippen molar-refractivity contribution in [1.82, 2.24) is 15.5 Å². The average Bonchev–Trinajstić information content (AvgIpc) is 3.29. The van der Waals surface area contributed by atoms with Crippen LogP contribution in [0.25, 0.3) is 17.0 Å². The third kappa shape index (κ3) is 3.94. The van der Waals surface area contributed by atoms with Crippen LogP contribution in [-0.2, 0) is 0 Å². The van der Waals surface area contributed by atoms with E-state index < -0.39 is 23.7 Å². The highest BCUT2D eigenvalue weighted by atomic mass is 19.1. The van der Waals surface area contributed by atoms with Crippen LogP contribution >= 0.6 is 0 Å². The molecule has 8 heteroatoms. The molecule has 170 valence electrons. The van der Waals surface area contributed by atoms with E-state index in [2.05, 4.69) is 15.5 Å². The van der Waals surface area contributed by atoms with Crippen molar-refractivity contribution in [3.8, 4) is 11.4 Å². The average molecular weight is 458 g/mol. The molecule has 0 spiro atoms. The third-order valence-electron chi connectivity index (χ3n) is 5.69. The molecule has 6 nitrogen and oxygen atoms in total. The predicted molar refractivity (Wildman–Crippen MR) is 124 cm³/mol. The summed E-state index contributed by atoms with van der Waals surface area (Å²) in [7, 11) is 0. The summed E-state index contributed by atoms with van der Waals surface area (Å²) in [6, 6.07) is 18.1. The second-order valence-corrected chi connectivity index (χ2v) is 8.04. The summed E-state index contributed by atoms with van der Waals surface area (Å²) >= 11 is 0. The number of anilines is 1. The van der Waals surface area contributed by atoms with Crippen LogP contribution in [0.4, 0.5) is 19.3 Å². The minimum absolute atomic E-state index is 0.199. The molecular weight excluding hydrogens is 438 g/mol. The van der Waals surface area contributed by atoms with Gasteiger partial charge >= 0.3 is 6.03 Å². The number of carbonyl (C=O) groups is 1. The van der Waals surface area contributed by atoms with E-state index in [0.29, 0.717) is 28.3 Å². The smallest absolute Gasteiger partial charge is 0.327 e. The Balaban J connectivity index is 1.66. The Labute approximate surface area is 194 Å². The van der Waals surface area contributed by atoms with Gasteiger partial charge in [-0.3, -0.25) is 4.90 Å². The number of hydrogen-bond donors (Lipinski definition) is 1. The maximum Gasteiger partial charge on any atom is 0.327 e. The van der Waals surface area contributed by atoms with E-state index in [-0.39, 0.29) is 5.89 Å². The molecule has 5 rings (SSSR count). The molecule has 0 radical (unpaired) electrons. The van der Waals surface area contributed by atoms with Gasteiger partial charge in [0, 0.05) is 11.3 Å². The van der Waals surface area contributed by atoms with Crippen LogP contribution in [0, 0.1) is 18.6 Å². The van der Waals surface area contributed by atoms with Crippen LogP contribution < -0.4 is 10.2 Å². The standard InChI is InChI=1S/C26H20F2N4O2/c1-15-5-3-6-18(13-15)24-30-25(34-31-24)22-16(2)32(21-8-4-7-20(28)14-21)26(33)29-23(22)17-9-11-19(27)12-10-17/h3-14,23H,1-2H3,(H,29,33). The maximum absolute atomic E-state index is 13.9. The van der Waals surface area contributed by atoms with Gasteiger partial charge in [-0.1, -0.05) is 47.1 Å². The Bertz CT molecular complexity index is 1410. The number of rotatable bonds is 4. The Hall–Kier alpha value is -4.33. The van der Waals surface area contributed by atoms with Gasteiger partial charge in [0.05, 0.1) is 17.3 Å². The zero-order valence-electron chi connectivity index (χ0n) is 18.4. The lowest BCUT2D eigenvalue weighted by molar-refractivity contribution is 0.244. The Kier molecular flexibility index (Phi) is 5.41. The SMILES string of the molecule is CC1=C(c2nc(-c3cccc(C)c3)no2)C(c2ccc(F)cc2)NC(=O)N1c1cccc(F)c1. The van der Waals surface area contributed by atoms with E-state index in [1.807, 2.05) is 31.2 Å². The summed E-state index contributed by atoms with van der Waals surface area (Å²) in [5.41, 5.74) is 3.84. The first kappa shape index (κ1) is 21.5. The van der Waals surface area contributed by atoms with Crippen molar-refractivity contribution in [1.29, 1.82) is 0 Å². The second kappa shape index (κ2) is 8.55. The molecule has 2 amide bonds. The fraction of sp³-hybridized carbons (Fsp3) is 0.115. The van der Waals surface area contributed by atoms with Gasteiger partial charge in [0.1, 0.15) is 11.6 Å². The summed E-state index contributed by atoms with van der Waals surface area (Å²) < 4.78 is 33.2. The molecule has 0 saturated carbocycles. The zero-order valence-corrected chi connectivity index (χ0v) is 18.4. The van der Waals surface area contributed by atoms with E-state index in [1.165, 1.54) is 35.2 Å². The summed E-state index contributed by atoms with van der Waals surface area (Å²) in [5.74, 6) is -0.273. The quantitative estimate of drug-likeness (QED) is 0.406. The van der Waals surface area contributed by atoms with Crippen molar-refractivity contribution < 1.29 is 18.1 Å². The normalized spacial score (nSPS) is 16.1. The number of aryl methyl sites for hydroxylation is 1. The first-order chi connectivity index (χ1) is 16.4. The van der Waals surface area contributed by atoms with Crippen LogP contribution in [0.15, 0.2) is 83.0 Å². The molecular formula is C26H20F2N4O2. The van der Waals surface area contributed by atoms with Gasteiger partial charge in [-0.15, -0.1) is 0 Å². The molecule has 34 heavy (non-hydrogen) atoms. The number of carbonyl (C=O) groups excluding carboxylic acids is 1. The first-order valence-electron chi connectivity index (χ1n) is 10.6. The molecule has 3 aromatic carbocycles. The van der Waals surface area contributed by atoms with Crippen molar-refractivity contribution in [2.24, 2.45) is 0 Å². The molecule has 1 aromatic heterocycles. The number of benzene rings is 3. The molecule has 0 bridgehead atoms. The van der Waals surface area contributed by atoms with Crippen molar-refractivity contribution in [2.45, 2.75) is 19.9 Å². The van der Waals surface area contributed by atoms with E-state index in [4.69, 9.17) is 4.52 Å². The molecule has 1 aliphatic heterocycles. The van der Waals surface area contributed by atoms with Crippen LogP contribution in [0.2, 0.25) is 0 Å². The van der Waals surface area contributed by atoms with Crippen molar-refractivity contribution in [3.63, 3.8) is 0 Å². The third-order valence-corrected chi connectivity index (χ3v) is 5.69. The molecule has 0 fully saturated rings. The summed E-state index contributed by atoms with van der Waals surface area (Å²) in [4.78, 5) is 19.1. The van der Waals surface area contributed by atoms with Gasteiger partial charge in [0.25, 0.3) is 5.89 Å². The molecule has 1 unspecified atom stereocenters. The van der Waals surface area contributed by atoms with Gasteiger partial charge in [-0.25, -0.2) is 13.6 Å². The van der Waals surface area contributed by atoms with Crippen LogP contribution in [-0.4, -0.2) is 16.2 Å². The van der Waals surface area contributed by atoms with Crippen LogP contribution in [0.3, 0.4) is 0 Å². The Morgan fingerprint density at radius 2 is 1.71 bits per heavy atom. The second-order valence-electron chi connectivity index (χ2n) is 8.04. The fourth-order valence-corrected chi connectivity index (χ4v) is 4.09. The van der Waals surface area contributed by atoms with Crippen LogP contribution in [0.5, 0.6) is 0 Å². The molecule has 1 atom stereocenters. The number of hydrogen-bond acceptors (Lipinski definition) is 4. The summed E-state index contributed by atoms with van der Waals surface area (Å²) in [6.07, 6.45) is 0. The number of nitrogens with zero attached hydrogens (tertiary/aromatic N) is 3. The van der Waals surface area contributed by atoms with E-state index in [0.717, 1.165) is 11.1 Å². The zero-order chi connectivity index (χ0) is 23.8. The highest BCUT2D eigenvalue weighted by Crippen LogP contribution is 2.39. The number of amides is 2. The molecule has 1 aliphatic rings. The number of aromatic nitrogens is 2. The largest absolute Gasteiger partial charge is 0.334 e. The molecule has 1 N–H and O–H groups in total. The Morgan fingerprint density at radius 3 is 2.44 bits per heavy atom. The van der Waals surface area contributed by atoms with Crippen molar-refractivity contribution in [3.05, 3.63) is 107 Å². The molecule has 4 aromatic rings. The molecule has 0 saturated heterocycles. The highest BCUT2D eigenvalue weighted by molar-refractivity contribution is 6.01. The molecule has 0 aliphatic carbocycles. The lowest BCUT2D eigenvalue weighted by atomic mass is 9.94. The topological polar surface area (TPSA) is 71.3 Å². The maximum atomic E-state index is 13.9. The minimum atomic E-state index is -0.677. The van der Waals surface area contributed by atoms with Crippen LogP contribution in [0.1, 0.15) is 30.0 Å². The van der Waals surface area contributed by atoms with Gasteiger partial charge in [-0.2, -0.15) is 4.98 Å². The number of halogens is 2. The number of allylic oxidation sites excluding steroid dienone is 1. The minimum Gasteiger partial charge on any atom is -0.334 e. The Morgan fingerprint density at radius 1 is 0.941 bits per heavy atom. The van der Waals surface area contributed by atoms with Gasteiger partial charge < -0.3 is 9.84 Å². The first-order valence-corrected chi connectivity index (χ1v) is 10.6. The van der Waals surface area contributed by atoms with Gasteiger partial charge in [-0.05, 0) is 55.8 Å². The van der Waals surface area contributed by atoms with Gasteiger partial charge in [0.15, 0.2) is 0 Å². The molecule has 2 heterocycles. The van der Waals surface area contributed by atoms with E-state index in [9.17, 15) is 13.6 Å². The summed E-state index contributed by atoms with van der Waals surface area (Å²) in [6.45, 7) is 3.70. The fourth-order valence-electron chi connectivity index (χ4n) is 4.09. The summed E-state index contributed by atoms with van der Waals surface area (Å²) in [5, 5.41) is 7.05. The monoisotopic (exact) mass is 458 g/mol. The van der Waals surface area contributed by atoms with Gasteiger partial charge in [0.2, 0.25) is 5.82 Å².